The lowest BCUT2D eigenvalue weighted by atomic mass is 10.2. The third-order valence-electron chi connectivity index (χ3n) is 3.20. The maximum absolute atomic E-state index is 11.8. The van der Waals surface area contributed by atoms with Crippen LogP contribution in [0.15, 0.2) is 0 Å². The van der Waals surface area contributed by atoms with Crippen LogP contribution in [-0.2, 0) is 0 Å². The Hall–Kier alpha value is -0.810. The van der Waals surface area contributed by atoms with E-state index in [0.717, 1.165) is 58.5 Å². The van der Waals surface area contributed by atoms with E-state index in [-0.39, 0.29) is 6.03 Å². The van der Waals surface area contributed by atoms with Crippen LogP contribution < -0.4 is 11.1 Å². The first-order valence-corrected chi connectivity index (χ1v) is 6.65. The molecule has 0 aliphatic carbocycles. The Morgan fingerprint density at radius 3 is 2.41 bits per heavy atom. The van der Waals surface area contributed by atoms with Gasteiger partial charge in [-0.2, -0.15) is 0 Å². The third-order valence-corrected chi connectivity index (χ3v) is 3.20. The zero-order valence-electron chi connectivity index (χ0n) is 11.0. The topological polar surface area (TPSA) is 61.6 Å². The Balaban J connectivity index is 2.01. The van der Waals surface area contributed by atoms with Gasteiger partial charge in [0, 0.05) is 32.7 Å². The van der Waals surface area contributed by atoms with Crippen molar-refractivity contribution in [2.24, 2.45) is 5.73 Å². The van der Waals surface area contributed by atoms with Gasteiger partial charge in [-0.15, -0.1) is 0 Å². The highest BCUT2D eigenvalue weighted by atomic mass is 16.2. The van der Waals surface area contributed by atoms with Crippen LogP contribution in [0.2, 0.25) is 0 Å². The summed E-state index contributed by atoms with van der Waals surface area (Å²) >= 11 is 0. The molecule has 17 heavy (non-hydrogen) atoms. The second-order valence-corrected chi connectivity index (χ2v) is 4.73. The maximum atomic E-state index is 11.8. The second-order valence-electron chi connectivity index (χ2n) is 4.73. The van der Waals surface area contributed by atoms with Crippen molar-refractivity contribution < 1.29 is 4.79 Å². The van der Waals surface area contributed by atoms with Crippen LogP contribution >= 0.6 is 0 Å². The van der Waals surface area contributed by atoms with Crippen molar-refractivity contribution in [3.63, 3.8) is 0 Å². The fourth-order valence-electron chi connectivity index (χ4n) is 1.94. The maximum Gasteiger partial charge on any atom is 0.317 e. The predicted octanol–water partition coefficient (Wildman–Crippen LogP) is 0.463. The predicted molar refractivity (Wildman–Crippen MR) is 70.0 cm³/mol. The molecule has 5 heteroatoms. The van der Waals surface area contributed by atoms with Crippen LogP contribution in [0.3, 0.4) is 0 Å². The van der Waals surface area contributed by atoms with Gasteiger partial charge in [-0.25, -0.2) is 4.79 Å². The molecule has 0 unspecified atom stereocenters. The minimum Gasteiger partial charge on any atom is -0.338 e. The van der Waals surface area contributed by atoms with Crippen LogP contribution in [0.4, 0.5) is 4.79 Å². The summed E-state index contributed by atoms with van der Waals surface area (Å²) in [5, 5.41) is 2.98. The fraction of sp³-hybridized carbons (Fsp3) is 0.917. The molecule has 1 fully saturated rings. The van der Waals surface area contributed by atoms with E-state index < -0.39 is 0 Å². The van der Waals surface area contributed by atoms with E-state index >= 15 is 0 Å². The van der Waals surface area contributed by atoms with Gasteiger partial charge in [-0.05, 0) is 26.4 Å². The average Bonchev–Trinajstić information content (AvgIpc) is 2.34. The number of nitrogens with one attached hydrogen (secondary N) is 1. The Kier molecular flexibility index (Phi) is 6.96. The zero-order valence-corrected chi connectivity index (χ0v) is 11.0. The van der Waals surface area contributed by atoms with Gasteiger partial charge in [-0.1, -0.05) is 12.8 Å². The molecule has 0 spiro atoms. The van der Waals surface area contributed by atoms with Gasteiger partial charge < -0.3 is 20.9 Å². The average molecular weight is 242 g/mol. The van der Waals surface area contributed by atoms with Gasteiger partial charge in [0.25, 0.3) is 0 Å². The Morgan fingerprint density at radius 2 is 1.76 bits per heavy atom. The molecule has 0 aromatic rings. The summed E-state index contributed by atoms with van der Waals surface area (Å²) < 4.78 is 0. The molecule has 100 valence electrons. The molecule has 0 aromatic carbocycles. The summed E-state index contributed by atoms with van der Waals surface area (Å²) in [4.78, 5) is 15.9. The summed E-state index contributed by atoms with van der Waals surface area (Å²) in [5.74, 6) is 0. The number of rotatable bonds is 6. The summed E-state index contributed by atoms with van der Waals surface area (Å²) in [7, 11) is 2.09. The Labute approximate surface area is 104 Å². The summed E-state index contributed by atoms with van der Waals surface area (Å²) in [6.45, 7) is 5.20. The van der Waals surface area contributed by atoms with Crippen LogP contribution in [0, 0.1) is 0 Å². The molecule has 0 aromatic heterocycles. The summed E-state index contributed by atoms with van der Waals surface area (Å²) in [6, 6.07) is 0.0944. The van der Waals surface area contributed by atoms with Crippen LogP contribution in [0.25, 0.3) is 0 Å². The minimum absolute atomic E-state index is 0.0944. The first-order valence-electron chi connectivity index (χ1n) is 6.65. The number of urea groups is 1. The molecule has 1 saturated heterocycles. The van der Waals surface area contributed by atoms with Crippen molar-refractivity contribution in [3.8, 4) is 0 Å². The van der Waals surface area contributed by atoms with Gasteiger partial charge >= 0.3 is 6.03 Å². The van der Waals surface area contributed by atoms with Gasteiger partial charge in [0.1, 0.15) is 0 Å². The smallest absolute Gasteiger partial charge is 0.317 e. The van der Waals surface area contributed by atoms with Gasteiger partial charge in [-0.3, -0.25) is 0 Å². The molecule has 0 bridgehead atoms. The lowest BCUT2D eigenvalue weighted by Gasteiger charge is -2.32. The van der Waals surface area contributed by atoms with E-state index in [1.165, 1.54) is 6.42 Å². The molecular formula is C12H26N4O. The molecule has 3 N–H and O–H groups in total. The molecule has 1 heterocycles. The number of amides is 2. The van der Waals surface area contributed by atoms with E-state index in [1.54, 1.807) is 0 Å². The minimum atomic E-state index is 0.0944. The molecule has 1 rings (SSSR count). The highest BCUT2D eigenvalue weighted by molar-refractivity contribution is 5.74. The lowest BCUT2D eigenvalue weighted by molar-refractivity contribution is 0.154. The Bertz CT molecular complexity index is 215. The number of carbonyl (C=O) groups is 1. The molecule has 0 atom stereocenters. The molecule has 1 aliphatic rings. The van der Waals surface area contributed by atoms with E-state index in [1.807, 2.05) is 4.90 Å². The number of unbranched alkanes of at least 4 members (excludes halogenated alkanes) is 3. The molecule has 5 nitrogen and oxygen atoms in total. The largest absolute Gasteiger partial charge is 0.338 e. The Morgan fingerprint density at radius 1 is 1.12 bits per heavy atom. The number of hydrogen-bond donors (Lipinski definition) is 2. The quantitative estimate of drug-likeness (QED) is 0.665. The van der Waals surface area contributed by atoms with E-state index in [2.05, 4.69) is 17.3 Å². The van der Waals surface area contributed by atoms with Crippen molar-refractivity contribution in [3.05, 3.63) is 0 Å². The monoisotopic (exact) mass is 242 g/mol. The zero-order chi connectivity index (χ0) is 12.5. The van der Waals surface area contributed by atoms with Crippen molar-refractivity contribution in [2.75, 3.05) is 46.3 Å². The molecule has 2 amide bonds. The summed E-state index contributed by atoms with van der Waals surface area (Å²) in [5.41, 5.74) is 5.42. The van der Waals surface area contributed by atoms with Crippen molar-refractivity contribution in [1.29, 1.82) is 0 Å². The number of piperazine rings is 1. The van der Waals surface area contributed by atoms with Crippen LogP contribution in [0.5, 0.6) is 0 Å². The highest BCUT2D eigenvalue weighted by Gasteiger charge is 2.17. The number of hydrogen-bond acceptors (Lipinski definition) is 3. The molecule has 0 saturated carbocycles. The van der Waals surface area contributed by atoms with Gasteiger partial charge in [0.2, 0.25) is 0 Å². The van der Waals surface area contributed by atoms with Gasteiger partial charge in [0.05, 0.1) is 0 Å². The van der Waals surface area contributed by atoms with E-state index in [9.17, 15) is 4.79 Å². The standard InChI is InChI=1S/C12H26N4O/c1-15-8-10-16(11-9-15)12(17)14-7-5-3-2-4-6-13/h2-11,13H2,1H3,(H,14,17). The first kappa shape index (κ1) is 14.3. The highest BCUT2D eigenvalue weighted by Crippen LogP contribution is 2.00. The number of nitrogens with zero attached hydrogens (tertiary/aromatic N) is 2. The van der Waals surface area contributed by atoms with Gasteiger partial charge in [0.15, 0.2) is 0 Å². The first-order chi connectivity index (χ1) is 8.24. The number of nitrogens with two attached hydrogens (primary N) is 1. The lowest BCUT2D eigenvalue weighted by Crippen LogP contribution is -2.50. The van der Waals surface area contributed by atoms with E-state index in [0.29, 0.717) is 0 Å². The van der Waals surface area contributed by atoms with Crippen LogP contribution in [-0.4, -0.2) is 62.1 Å². The van der Waals surface area contributed by atoms with Crippen LogP contribution in [0.1, 0.15) is 25.7 Å². The number of carbonyl (C=O) groups excluding carboxylic acids is 1. The SMILES string of the molecule is CN1CCN(C(=O)NCCCCCCN)CC1. The van der Waals surface area contributed by atoms with E-state index in [4.69, 9.17) is 5.73 Å². The number of likely N-dealkylation sites (N-methyl/N-ethyl adjacent to an activating group) is 1. The fourth-order valence-corrected chi connectivity index (χ4v) is 1.94. The molecular weight excluding hydrogens is 216 g/mol. The summed E-state index contributed by atoms with van der Waals surface area (Å²) in [6.07, 6.45) is 4.47. The van der Waals surface area contributed by atoms with Crippen molar-refractivity contribution in [2.45, 2.75) is 25.7 Å². The third kappa shape index (κ3) is 5.89. The normalized spacial score (nSPS) is 17.2. The molecule has 0 radical (unpaired) electrons. The van der Waals surface area contributed by atoms with Crippen molar-refractivity contribution in [1.82, 2.24) is 15.1 Å². The second kappa shape index (κ2) is 8.31. The van der Waals surface area contributed by atoms with Crippen molar-refractivity contribution >= 4 is 6.03 Å². The molecule has 1 aliphatic heterocycles.